The summed E-state index contributed by atoms with van der Waals surface area (Å²) in [5, 5.41) is 4.10. The van der Waals surface area contributed by atoms with Gasteiger partial charge in [0.05, 0.1) is 12.8 Å². The summed E-state index contributed by atoms with van der Waals surface area (Å²) in [6.45, 7) is 0. The predicted molar refractivity (Wildman–Crippen MR) is 82.4 cm³/mol. The molecule has 2 aromatic rings. The first-order chi connectivity index (χ1) is 10.2. The highest BCUT2D eigenvalue weighted by molar-refractivity contribution is 6.02. The number of carbonyl (C=O) groups is 1. The van der Waals surface area contributed by atoms with E-state index in [4.69, 9.17) is 10.5 Å². The van der Waals surface area contributed by atoms with Gasteiger partial charge in [0.1, 0.15) is 5.75 Å². The number of urea groups is 1. The van der Waals surface area contributed by atoms with Crippen LogP contribution in [0.5, 0.6) is 5.75 Å². The van der Waals surface area contributed by atoms with Gasteiger partial charge in [0.15, 0.2) is 0 Å². The lowest BCUT2D eigenvalue weighted by atomic mass is 10.0. The Morgan fingerprint density at radius 1 is 1.19 bits per heavy atom. The molecule has 0 fully saturated rings. The zero-order chi connectivity index (χ0) is 15.1. The van der Waals surface area contributed by atoms with E-state index in [0.717, 1.165) is 22.6 Å². The molecular weight excluding hydrogens is 266 g/mol. The van der Waals surface area contributed by atoms with E-state index < -0.39 is 6.03 Å². The molecule has 2 rings (SSSR count). The molecular formula is C16H17N3O2. The number of carbonyl (C=O) groups excluding carboxylic acids is 1. The molecule has 0 radical (unpaired) electrons. The Hall–Kier alpha value is -2.82. The summed E-state index contributed by atoms with van der Waals surface area (Å²) >= 11 is 0. The highest BCUT2D eigenvalue weighted by atomic mass is 16.5. The van der Waals surface area contributed by atoms with E-state index in [9.17, 15) is 4.79 Å². The number of nitrogens with one attached hydrogen (secondary N) is 1. The third kappa shape index (κ3) is 4.35. The van der Waals surface area contributed by atoms with Crippen molar-refractivity contribution in [1.82, 2.24) is 5.43 Å². The molecule has 5 nitrogen and oxygen atoms in total. The van der Waals surface area contributed by atoms with E-state index in [-0.39, 0.29) is 0 Å². The zero-order valence-electron chi connectivity index (χ0n) is 11.7. The number of hydrogen-bond donors (Lipinski definition) is 2. The van der Waals surface area contributed by atoms with Crippen LogP contribution in [0.2, 0.25) is 0 Å². The number of primary amides is 1. The molecule has 0 saturated heterocycles. The van der Waals surface area contributed by atoms with Crippen LogP contribution in [-0.2, 0) is 6.42 Å². The molecule has 0 atom stereocenters. The molecule has 0 aliphatic carbocycles. The lowest BCUT2D eigenvalue weighted by molar-refractivity contribution is 0.249. The van der Waals surface area contributed by atoms with Crippen molar-refractivity contribution >= 4 is 11.7 Å². The highest BCUT2D eigenvalue weighted by Crippen LogP contribution is 2.15. The van der Waals surface area contributed by atoms with Crippen LogP contribution in [0.3, 0.4) is 0 Å². The van der Waals surface area contributed by atoms with E-state index in [2.05, 4.69) is 10.5 Å². The molecule has 0 heterocycles. The predicted octanol–water partition coefficient (Wildman–Crippen LogP) is 2.31. The summed E-state index contributed by atoms with van der Waals surface area (Å²) in [7, 11) is 1.62. The van der Waals surface area contributed by atoms with E-state index in [0.29, 0.717) is 6.42 Å². The summed E-state index contributed by atoms with van der Waals surface area (Å²) in [6, 6.07) is 16.6. The van der Waals surface area contributed by atoms with Crippen molar-refractivity contribution in [2.24, 2.45) is 10.8 Å². The fourth-order valence-corrected chi connectivity index (χ4v) is 1.94. The van der Waals surface area contributed by atoms with Gasteiger partial charge < -0.3 is 10.5 Å². The van der Waals surface area contributed by atoms with Gasteiger partial charge in [-0.1, -0.05) is 42.5 Å². The van der Waals surface area contributed by atoms with E-state index in [1.807, 2.05) is 54.6 Å². The summed E-state index contributed by atoms with van der Waals surface area (Å²) in [4.78, 5) is 10.9. The average molecular weight is 283 g/mol. The third-order valence-electron chi connectivity index (χ3n) is 2.91. The van der Waals surface area contributed by atoms with Gasteiger partial charge in [0, 0.05) is 6.42 Å². The molecule has 0 aliphatic heterocycles. The van der Waals surface area contributed by atoms with Gasteiger partial charge >= 0.3 is 6.03 Å². The standard InChI is InChI=1S/C16H17N3O2/c1-21-14-9-5-6-12(10-14)11-15(18-19-16(17)20)13-7-3-2-4-8-13/h2-10H,11H2,1H3,(H3,17,19,20)/b18-15+. The zero-order valence-corrected chi connectivity index (χ0v) is 11.7. The van der Waals surface area contributed by atoms with Crippen molar-refractivity contribution in [1.29, 1.82) is 0 Å². The maximum absolute atomic E-state index is 10.9. The number of nitrogens with two attached hydrogens (primary N) is 1. The second-order valence-corrected chi connectivity index (χ2v) is 4.43. The van der Waals surface area contributed by atoms with Crippen LogP contribution in [0, 0.1) is 0 Å². The fourth-order valence-electron chi connectivity index (χ4n) is 1.94. The molecule has 2 aromatic carbocycles. The molecule has 0 saturated carbocycles. The Bertz CT molecular complexity index is 639. The van der Waals surface area contributed by atoms with Gasteiger partial charge in [-0.05, 0) is 23.3 Å². The van der Waals surface area contributed by atoms with Crippen LogP contribution >= 0.6 is 0 Å². The maximum Gasteiger partial charge on any atom is 0.332 e. The minimum absolute atomic E-state index is 0.557. The van der Waals surface area contributed by atoms with Crippen molar-refractivity contribution in [2.75, 3.05) is 7.11 Å². The van der Waals surface area contributed by atoms with Crippen LogP contribution in [0.25, 0.3) is 0 Å². The topological polar surface area (TPSA) is 76.7 Å². The van der Waals surface area contributed by atoms with E-state index >= 15 is 0 Å². The minimum atomic E-state index is -0.686. The minimum Gasteiger partial charge on any atom is -0.497 e. The van der Waals surface area contributed by atoms with Gasteiger partial charge in [-0.15, -0.1) is 0 Å². The summed E-state index contributed by atoms with van der Waals surface area (Å²) in [6.07, 6.45) is 0.557. The molecule has 21 heavy (non-hydrogen) atoms. The van der Waals surface area contributed by atoms with Crippen LogP contribution in [0.4, 0.5) is 4.79 Å². The SMILES string of the molecule is COc1cccc(C/C(=N\NC(N)=O)c2ccccc2)c1. The van der Waals surface area contributed by atoms with Crippen molar-refractivity contribution in [3.05, 3.63) is 65.7 Å². The quantitative estimate of drug-likeness (QED) is 0.652. The molecule has 3 N–H and O–H groups in total. The molecule has 0 spiro atoms. The lowest BCUT2D eigenvalue weighted by Crippen LogP contribution is -2.26. The Labute approximate surface area is 123 Å². The fraction of sp³-hybridized carbons (Fsp3) is 0.125. The summed E-state index contributed by atoms with van der Waals surface area (Å²) < 4.78 is 5.21. The Kier molecular flexibility index (Phi) is 4.93. The molecule has 0 aliphatic rings. The number of amides is 2. The van der Waals surface area contributed by atoms with Crippen LogP contribution < -0.4 is 15.9 Å². The number of methoxy groups -OCH3 is 1. The number of benzene rings is 2. The lowest BCUT2D eigenvalue weighted by Gasteiger charge is -2.08. The van der Waals surface area contributed by atoms with Gasteiger partial charge in [-0.2, -0.15) is 5.10 Å². The monoisotopic (exact) mass is 283 g/mol. The average Bonchev–Trinajstić information content (AvgIpc) is 2.52. The second-order valence-electron chi connectivity index (χ2n) is 4.43. The van der Waals surface area contributed by atoms with Crippen LogP contribution in [-0.4, -0.2) is 18.9 Å². The van der Waals surface area contributed by atoms with Crippen molar-refractivity contribution in [3.8, 4) is 5.75 Å². The normalized spacial score (nSPS) is 11.0. The van der Waals surface area contributed by atoms with Crippen molar-refractivity contribution < 1.29 is 9.53 Å². The first-order valence-corrected chi connectivity index (χ1v) is 6.49. The van der Waals surface area contributed by atoms with Gasteiger partial charge in [-0.25, -0.2) is 10.2 Å². The Morgan fingerprint density at radius 3 is 2.62 bits per heavy atom. The second kappa shape index (κ2) is 7.09. The van der Waals surface area contributed by atoms with Gasteiger partial charge in [0.2, 0.25) is 0 Å². The summed E-state index contributed by atoms with van der Waals surface area (Å²) in [5.41, 5.74) is 10.0. The van der Waals surface area contributed by atoms with E-state index in [1.165, 1.54) is 0 Å². The van der Waals surface area contributed by atoms with Crippen LogP contribution in [0.15, 0.2) is 59.7 Å². The maximum atomic E-state index is 10.9. The molecule has 5 heteroatoms. The van der Waals surface area contributed by atoms with Crippen molar-refractivity contribution in [2.45, 2.75) is 6.42 Å². The number of hydrazone groups is 1. The number of nitrogens with zero attached hydrogens (tertiary/aromatic N) is 1. The van der Waals surface area contributed by atoms with E-state index in [1.54, 1.807) is 7.11 Å². The summed E-state index contributed by atoms with van der Waals surface area (Å²) in [5.74, 6) is 0.780. The van der Waals surface area contributed by atoms with Gasteiger partial charge in [0.25, 0.3) is 0 Å². The molecule has 0 aromatic heterocycles. The first-order valence-electron chi connectivity index (χ1n) is 6.49. The Balaban J connectivity index is 2.27. The van der Waals surface area contributed by atoms with Gasteiger partial charge in [-0.3, -0.25) is 0 Å². The first kappa shape index (κ1) is 14.6. The van der Waals surface area contributed by atoms with Crippen LogP contribution in [0.1, 0.15) is 11.1 Å². The number of hydrogen-bond acceptors (Lipinski definition) is 3. The molecule has 2 amide bonds. The third-order valence-corrected chi connectivity index (χ3v) is 2.91. The number of rotatable bonds is 5. The number of ether oxygens (including phenoxy) is 1. The Morgan fingerprint density at radius 2 is 1.95 bits per heavy atom. The highest BCUT2D eigenvalue weighted by Gasteiger charge is 2.06. The largest absolute Gasteiger partial charge is 0.497 e. The molecule has 0 bridgehead atoms. The smallest absolute Gasteiger partial charge is 0.332 e. The van der Waals surface area contributed by atoms with Crippen molar-refractivity contribution in [3.63, 3.8) is 0 Å². The molecule has 0 unspecified atom stereocenters. The molecule has 108 valence electrons.